The van der Waals surface area contributed by atoms with Gasteiger partial charge < -0.3 is 15.8 Å². The molecule has 2 aliphatic heterocycles. The lowest BCUT2D eigenvalue weighted by Gasteiger charge is -2.22. The van der Waals surface area contributed by atoms with E-state index in [9.17, 15) is 30.4 Å². The fraction of sp³-hybridized carbons (Fsp3) is 0.387. The second-order valence-electron chi connectivity index (χ2n) is 12.4. The number of nitrogens with two attached hydrogens (primary N) is 1. The zero-order valence-electron chi connectivity index (χ0n) is 26.1. The maximum Gasteiger partial charge on any atom is 0.407 e. The number of rotatable bonds is 5. The Kier molecular flexibility index (Phi) is 9.80. The van der Waals surface area contributed by atoms with Crippen LogP contribution < -0.4 is 11.1 Å². The number of ether oxygens (including phenoxy) is 1. The van der Waals surface area contributed by atoms with Gasteiger partial charge >= 0.3 is 6.09 Å². The van der Waals surface area contributed by atoms with Crippen LogP contribution in [0.1, 0.15) is 33.6 Å². The Labute approximate surface area is 272 Å². The number of pyridine rings is 2. The smallest absolute Gasteiger partial charge is 0.407 e. The molecule has 252 valence electrons. The van der Waals surface area contributed by atoms with Crippen molar-refractivity contribution in [2.24, 2.45) is 5.73 Å². The molecule has 2 saturated heterocycles. The average molecular weight is 691 g/mol. The number of nitrogens with zero attached hydrogens (tertiary/aromatic N) is 4. The van der Waals surface area contributed by atoms with Gasteiger partial charge in [-0.1, -0.05) is 24.3 Å². The molecular weight excluding hydrogens is 655 g/mol. The summed E-state index contributed by atoms with van der Waals surface area (Å²) in [5.41, 5.74) is 5.12. The van der Waals surface area contributed by atoms with E-state index in [1.165, 1.54) is 33.1 Å². The largest absolute Gasteiger partial charge is 0.444 e. The number of fused-ring (bicyclic) bond motifs is 2. The molecule has 2 aromatic heterocycles. The molecule has 2 atom stereocenters. The summed E-state index contributed by atoms with van der Waals surface area (Å²) in [6, 6.07) is 8.68. The number of carbonyl (C=O) groups excluding carboxylic acids is 1. The number of alkyl carbamates (subject to hydrolysis) is 1. The van der Waals surface area contributed by atoms with Crippen molar-refractivity contribution in [3.8, 4) is 0 Å². The fourth-order valence-corrected chi connectivity index (χ4v) is 9.00. The SMILES string of the molecule is CC(C)(C)OC(=O)N[C@H]1CCN(S(=O)(=O)c2cccc3cncc(F)c23)C1.N[C@H]1CCN(S(=O)(=O)c2cccc3cncc(F)c23)C1. The summed E-state index contributed by atoms with van der Waals surface area (Å²) < 4.78 is 87.4. The van der Waals surface area contributed by atoms with Crippen molar-refractivity contribution >= 4 is 47.7 Å². The molecule has 4 aromatic rings. The lowest BCUT2D eigenvalue weighted by atomic mass is 10.2. The third kappa shape index (κ3) is 7.51. The molecule has 0 saturated carbocycles. The monoisotopic (exact) mass is 690 g/mol. The summed E-state index contributed by atoms with van der Waals surface area (Å²) in [5, 5.41) is 3.68. The topological polar surface area (TPSA) is 165 Å². The quantitative estimate of drug-likeness (QED) is 0.317. The van der Waals surface area contributed by atoms with Gasteiger partial charge in [-0.3, -0.25) is 9.97 Å². The van der Waals surface area contributed by atoms with Crippen molar-refractivity contribution in [1.82, 2.24) is 23.9 Å². The minimum Gasteiger partial charge on any atom is -0.444 e. The number of hydrogen-bond acceptors (Lipinski definition) is 9. The van der Waals surface area contributed by atoms with Crippen LogP contribution in [0.15, 0.2) is 71.0 Å². The summed E-state index contributed by atoms with van der Waals surface area (Å²) in [5.74, 6) is -1.32. The van der Waals surface area contributed by atoms with Crippen LogP contribution in [0.4, 0.5) is 13.6 Å². The molecule has 12 nitrogen and oxygen atoms in total. The Hall–Kier alpha value is -3.83. The molecule has 1 amide bonds. The highest BCUT2D eigenvalue weighted by molar-refractivity contribution is 7.89. The molecule has 2 fully saturated rings. The second-order valence-corrected chi connectivity index (χ2v) is 16.2. The van der Waals surface area contributed by atoms with Gasteiger partial charge in [-0.05, 0) is 45.7 Å². The zero-order chi connectivity index (χ0) is 34.1. The number of sulfonamides is 2. The number of hydrogen-bond donors (Lipinski definition) is 2. The Morgan fingerprint density at radius 2 is 1.32 bits per heavy atom. The van der Waals surface area contributed by atoms with Crippen LogP contribution in [0.2, 0.25) is 0 Å². The number of halogens is 2. The van der Waals surface area contributed by atoms with Crippen molar-refractivity contribution in [3.63, 3.8) is 0 Å². The molecule has 4 heterocycles. The molecule has 0 spiro atoms. The van der Waals surface area contributed by atoms with Crippen molar-refractivity contribution in [3.05, 3.63) is 72.8 Å². The van der Waals surface area contributed by atoms with E-state index in [1.807, 2.05) is 0 Å². The van der Waals surface area contributed by atoms with E-state index >= 15 is 0 Å². The maximum absolute atomic E-state index is 14.3. The number of aromatic nitrogens is 2. The van der Waals surface area contributed by atoms with Gasteiger partial charge in [0.15, 0.2) is 11.6 Å². The van der Waals surface area contributed by atoms with E-state index in [-0.39, 0.29) is 52.3 Å². The van der Waals surface area contributed by atoms with Crippen LogP contribution >= 0.6 is 0 Å². The third-order valence-electron chi connectivity index (χ3n) is 7.69. The molecule has 0 aliphatic carbocycles. The highest BCUT2D eigenvalue weighted by atomic mass is 32.2. The Morgan fingerprint density at radius 1 is 0.830 bits per heavy atom. The van der Waals surface area contributed by atoms with Gasteiger partial charge in [-0.25, -0.2) is 30.4 Å². The van der Waals surface area contributed by atoms with Crippen LogP contribution in [-0.4, -0.2) is 85.4 Å². The van der Waals surface area contributed by atoms with E-state index in [1.54, 1.807) is 45.0 Å². The Balaban J connectivity index is 0.000000193. The highest BCUT2D eigenvalue weighted by Crippen LogP contribution is 2.30. The van der Waals surface area contributed by atoms with Crippen LogP contribution in [0.5, 0.6) is 0 Å². The molecule has 2 aliphatic rings. The summed E-state index contributed by atoms with van der Waals surface area (Å²) in [6.07, 6.45) is 5.38. The van der Waals surface area contributed by atoms with E-state index in [4.69, 9.17) is 10.5 Å². The first kappa shape index (κ1) is 34.5. The molecule has 6 rings (SSSR count). The zero-order valence-corrected chi connectivity index (χ0v) is 27.7. The third-order valence-corrected chi connectivity index (χ3v) is 11.5. The number of nitrogens with one attached hydrogen (secondary N) is 1. The lowest BCUT2D eigenvalue weighted by molar-refractivity contribution is 0.0507. The molecule has 16 heteroatoms. The first-order valence-electron chi connectivity index (χ1n) is 14.9. The molecule has 0 radical (unpaired) electrons. The molecule has 3 N–H and O–H groups in total. The van der Waals surface area contributed by atoms with Gasteiger partial charge in [0.2, 0.25) is 20.0 Å². The minimum atomic E-state index is -3.92. The molecule has 0 unspecified atom stereocenters. The molecule has 47 heavy (non-hydrogen) atoms. The second kappa shape index (κ2) is 13.4. The standard InChI is InChI=1S/C18H22FN3O4S.C13H14FN3O2S/c1-18(2,3)26-17(23)21-13-7-8-22(11-13)27(24,25)15-6-4-5-12-9-20-10-14(19)16(12)15;14-11-7-16-6-9-2-1-3-12(13(9)11)20(18,19)17-5-4-10(15)8-17/h4-6,9-10,13H,7-8,11H2,1-3H3,(H,21,23);1-3,6-7,10H,4-5,8,15H2/t13-;10-/m00/s1. The molecule has 2 aromatic carbocycles. The van der Waals surface area contributed by atoms with E-state index < -0.39 is 43.4 Å². The average Bonchev–Trinajstić information content (AvgIpc) is 3.66. The van der Waals surface area contributed by atoms with Crippen molar-refractivity contribution in [1.29, 1.82) is 0 Å². The summed E-state index contributed by atoms with van der Waals surface area (Å²) in [4.78, 5) is 19.3. The fourth-order valence-electron chi connectivity index (χ4n) is 5.54. The first-order chi connectivity index (χ1) is 22.1. The van der Waals surface area contributed by atoms with Crippen LogP contribution in [0.3, 0.4) is 0 Å². The lowest BCUT2D eigenvalue weighted by Crippen LogP contribution is -2.41. The van der Waals surface area contributed by atoms with E-state index in [2.05, 4.69) is 15.3 Å². The predicted molar refractivity (Wildman–Crippen MR) is 171 cm³/mol. The minimum absolute atomic E-state index is 0.0241. The summed E-state index contributed by atoms with van der Waals surface area (Å²) >= 11 is 0. The van der Waals surface area contributed by atoms with Crippen molar-refractivity contribution in [2.45, 2.75) is 61.1 Å². The van der Waals surface area contributed by atoms with Gasteiger partial charge in [-0.2, -0.15) is 8.61 Å². The Morgan fingerprint density at radius 3 is 1.79 bits per heavy atom. The number of amides is 1. The van der Waals surface area contributed by atoms with Gasteiger partial charge in [0.25, 0.3) is 0 Å². The predicted octanol–water partition coefficient (Wildman–Crippen LogP) is 3.76. The maximum atomic E-state index is 14.3. The highest BCUT2D eigenvalue weighted by Gasteiger charge is 2.36. The van der Waals surface area contributed by atoms with Gasteiger partial charge in [-0.15, -0.1) is 0 Å². The molecule has 0 bridgehead atoms. The van der Waals surface area contributed by atoms with Gasteiger partial charge in [0.05, 0.1) is 22.2 Å². The van der Waals surface area contributed by atoms with Crippen LogP contribution in [0, 0.1) is 11.6 Å². The van der Waals surface area contributed by atoms with Crippen LogP contribution in [0.25, 0.3) is 21.5 Å². The summed E-state index contributed by atoms with van der Waals surface area (Å²) in [7, 11) is -7.65. The molecular formula is C31H36F2N6O6S2. The number of carbonyl (C=O) groups is 1. The van der Waals surface area contributed by atoms with Crippen molar-refractivity contribution < 1.29 is 35.1 Å². The van der Waals surface area contributed by atoms with Crippen molar-refractivity contribution in [2.75, 3.05) is 26.2 Å². The van der Waals surface area contributed by atoms with E-state index in [0.717, 1.165) is 12.4 Å². The van der Waals surface area contributed by atoms with E-state index in [0.29, 0.717) is 30.2 Å². The van der Waals surface area contributed by atoms with Gasteiger partial charge in [0.1, 0.15) is 5.60 Å². The summed E-state index contributed by atoms with van der Waals surface area (Å²) in [6.45, 7) is 6.22. The first-order valence-corrected chi connectivity index (χ1v) is 17.8. The number of benzene rings is 2. The van der Waals surface area contributed by atoms with Gasteiger partial charge in [0, 0.05) is 72.2 Å². The normalized spacial score (nSPS) is 19.4. The van der Waals surface area contributed by atoms with Crippen LogP contribution in [-0.2, 0) is 24.8 Å². The Bertz CT molecular complexity index is 2010.